The Kier molecular flexibility index (Phi) is 20.4. The molecule has 0 saturated carbocycles. The topological polar surface area (TPSA) is 0 Å². The van der Waals surface area contributed by atoms with E-state index in [9.17, 15) is 0 Å². The van der Waals surface area contributed by atoms with E-state index in [2.05, 4.69) is 43.9 Å². The molecule has 1 aliphatic carbocycles. The number of allylic oxidation sites excluding steroid dienone is 7. The molecule has 0 atom stereocenters. The van der Waals surface area contributed by atoms with Crippen molar-refractivity contribution in [1.29, 1.82) is 0 Å². The average Bonchev–Trinajstić information content (AvgIpc) is 2.35. The first-order valence-corrected chi connectivity index (χ1v) is 6.01. The molecule has 0 saturated heterocycles. The summed E-state index contributed by atoms with van der Waals surface area (Å²) in [6.45, 7) is 9.71. The van der Waals surface area contributed by atoms with Crippen molar-refractivity contribution in [3.8, 4) is 0 Å². The monoisotopic (exact) mass is 206 g/mol. The maximum Gasteiger partial charge on any atom is -0.0313 e. The summed E-state index contributed by atoms with van der Waals surface area (Å²) >= 11 is 0. The van der Waals surface area contributed by atoms with Gasteiger partial charge in [0.15, 0.2) is 0 Å². The molecular weight excluding hydrogens is 180 g/mol. The summed E-state index contributed by atoms with van der Waals surface area (Å²) in [5.41, 5.74) is 0. The molecule has 1 rings (SSSR count). The fourth-order valence-corrected chi connectivity index (χ4v) is 0.901. The number of hydrogen-bond acceptors (Lipinski definition) is 0. The highest BCUT2D eigenvalue weighted by atomic mass is 13.8. The molecule has 0 aliphatic heterocycles. The van der Waals surface area contributed by atoms with Crippen LogP contribution in [0.5, 0.6) is 0 Å². The summed E-state index contributed by atoms with van der Waals surface area (Å²) in [5, 5.41) is 0. The molecule has 0 radical (unpaired) electrons. The van der Waals surface area contributed by atoms with Gasteiger partial charge in [-0.15, -0.1) is 0 Å². The smallest absolute Gasteiger partial charge is 0.0313 e. The van der Waals surface area contributed by atoms with Crippen LogP contribution in [-0.4, -0.2) is 0 Å². The minimum absolute atomic E-state index is 1.17. The molecule has 0 fully saturated rings. The van der Waals surface area contributed by atoms with Gasteiger partial charge in [-0.05, 0) is 19.3 Å². The first-order valence-electron chi connectivity index (χ1n) is 6.01. The van der Waals surface area contributed by atoms with Crippen molar-refractivity contribution >= 4 is 0 Å². The molecule has 15 heavy (non-hydrogen) atoms. The van der Waals surface area contributed by atoms with Gasteiger partial charge in [-0.25, -0.2) is 0 Å². The fraction of sp³-hybridized carbons (Fsp3) is 0.467. The van der Waals surface area contributed by atoms with E-state index >= 15 is 0 Å². The SMILES string of the molecule is C1=CCCC=C1.C=C/C=C\CCC.CC. The maximum absolute atomic E-state index is 3.55. The van der Waals surface area contributed by atoms with E-state index in [0.29, 0.717) is 0 Å². The van der Waals surface area contributed by atoms with Crippen LogP contribution >= 0.6 is 0 Å². The van der Waals surface area contributed by atoms with Crippen molar-refractivity contribution in [2.75, 3.05) is 0 Å². The van der Waals surface area contributed by atoms with Gasteiger partial charge in [-0.2, -0.15) is 0 Å². The van der Waals surface area contributed by atoms with Crippen LogP contribution in [0.3, 0.4) is 0 Å². The Hall–Kier alpha value is -1.04. The third kappa shape index (κ3) is 19.4. The Bertz CT molecular complexity index is 170. The van der Waals surface area contributed by atoms with Gasteiger partial charge < -0.3 is 0 Å². The highest BCUT2D eigenvalue weighted by Gasteiger charge is 1.77. The van der Waals surface area contributed by atoms with Crippen LogP contribution in [-0.2, 0) is 0 Å². The van der Waals surface area contributed by atoms with Crippen LogP contribution in [0.15, 0.2) is 49.1 Å². The highest BCUT2D eigenvalue weighted by Crippen LogP contribution is 1.98. The van der Waals surface area contributed by atoms with Crippen LogP contribution in [0.2, 0.25) is 0 Å². The van der Waals surface area contributed by atoms with E-state index in [-0.39, 0.29) is 0 Å². The minimum atomic E-state index is 1.17. The van der Waals surface area contributed by atoms with Crippen molar-refractivity contribution < 1.29 is 0 Å². The van der Waals surface area contributed by atoms with E-state index < -0.39 is 0 Å². The summed E-state index contributed by atoms with van der Waals surface area (Å²) < 4.78 is 0. The molecule has 0 aromatic carbocycles. The first-order chi connectivity index (χ1) is 7.41. The van der Waals surface area contributed by atoms with E-state index in [0.717, 1.165) is 0 Å². The maximum atomic E-state index is 3.55. The Morgan fingerprint density at radius 3 is 1.93 bits per heavy atom. The molecule has 0 heteroatoms. The largest absolute Gasteiger partial charge is 0.0991 e. The summed E-state index contributed by atoms with van der Waals surface area (Å²) in [6.07, 6.45) is 19.3. The quantitative estimate of drug-likeness (QED) is 0.539. The van der Waals surface area contributed by atoms with Gasteiger partial charge in [0.25, 0.3) is 0 Å². The van der Waals surface area contributed by atoms with Crippen molar-refractivity contribution in [3.05, 3.63) is 49.1 Å². The second-order valence-corrected chi connectivity index (χ2v) is 2.89. The lowest BCUT2D eigenvalue weighted by molar-refractivity contribution is 0.959. The van der Waals surface area contributed by atoms with Crippen LogP contribution in [0, 0.1) is 0 Å². The first kappa shape index (κ1) is 16.4. The molecule has 86 valence electrons. The molecule has 0 heterocycles. The molecule has 1 aliphatic rings. The Balaban J connectivity index is 0. The third-order valence-electron chi connectivity index (χ3n) is 1.61. The Labute approximate surface area is 96.1 Å². The van der Waals surface area contributed by atoms with Crippen molar-refractivity contribution in [3.63, 3.8) is 0 Å². The van der Waals surface area contributed by atoms with Crippen molar-refractivity contribution in [2.24, 2.45) is 0 Å². The minimum Gasteiger partial charge on any atom is -0.0991 e. The predicted molar refractivity (Wildman–Crippen MR) is 73.1 cm³/mol. The van der Waals surface area contributed by atoms with E-state index in [1.807, 2.05) is 19.9 Å². The summed E-state index contributed by atoms with van der Waals surface area (Å²) in [4.78, 5) is 0. The lowest BCUT2D eigenvalue weighted by atomic mass is 10.2. The van der Waals surface area contributed by atoms with Crippen LogP contribution in [0.1, 0.15) is 46.5 Å². The zero-order chi connectivity index (χ0) is 11.8. The lowest BCUT2D eigenvalue weighted by Crippen LogP contribution is -1.67. The molecule has 0 bridgehead atoms. The number of rotatable bonds is 3. The van der Waals surface area contributed by atoms with Crippen LogP contribution < -0.4 is 0 Å². The van der Waals surface area contributed by atoms with Gasteiger partial charge in [-0.1, -0.05) is 76.3 Å². The Morgan fingerprint density at radius 1 is 1.13 bits per heavy atom. The van der Waals surface area contributed by atoms with E-state index in [1.54, 1.807) is 6.08 Å². The second kappa shape index (κ2) is 18.7. The zero-order valence-corrected chi connectivity index (χ0v) is 10.6. The molecule has 0 N–H and O–H groups in total. The number of hydrogen-bond donors (Lipinski definition) is 0. The number of unbranched alkanes of at least 4 members (excludes halogenated alkanes) is 1. The second-order valence-electron chi connectivity index (χ2n) is 2.89. The molecular formula is C15H26. The van der Waals surface area contributed by atoms with Crippen molar-refractivity contribution in [2.45, 2.75) is 46.5 Å². The van der Waals surface area contributed by atoms with Gasteiger partial charge in [0.2, 0.25) is 0 Å². The third-order valence-corrected chi connectivity index (χ3v) is 1.61. The highest BCUT2D eigenvalue weighted by molar-refractivity contribution is 5.07. The van der Waals surface area contributed by atoms with E-state index in [1.165, 1.54) is 25.7 Å². The van der Waals surface area contributed by atoms with Gasteiger partial charge in [0, 0.05) is 0 Å². The molecule has 0 unspecified atom stereocenters. The van der Waals surface area contributed by atoms with Gasteiger partial charge in [0.05, 0.1) is 0 Å². The summed E-state index contributed by atoms with van der Waals surface area (Å²) in [6, 6.07) is 0. The lowest BCUT2D eigenvalue weighted by Gasteiger charge is -1.88. The van der Waals surface area contributed by atoms with Gasteiger partial charge >= 0.3 is 0 Å². The van der Waals surface area contributed by atoms with Gasteiger partial charge in [0.1, 0.15) is 0 Å². The van der Waals surface area contributed by atoms with E-state index in [4.69, 9.17) is 0 Å². The fourth-order valence-electron chi connectivity index (χ4n) is 0.901. The van der Waals surface area contributed by atoms with Crippen LogP contribution in [0.25, 0.3) is 0 Å². The standard InChI is InChI=1S/C7H12.C6H8.C2H6/c1-3-5-7-6-4-2;1-2-4-6-5-3-1;1-2/h3,5,7H,1,4,6H2,2H3;1-4H,5-6H2;1-2H3/b7-5-;;. The average molecular weight is 206 g/mol. The van der Waals surface area contributed by atoms with Crippen molar-refractivity contribution in [1.82, 2.24) is 0 Å². The molecule has 0 amide bonds. The molecule has 0 aromatic heterocycles. The zero-order valence-electron chi connectivity index (χ0n) is 10.6. The van der Waals surface area contributed by atoms with Crippen LogP contribution in [0.4, 0.5) is 0 Å². The van der Waals surface area contributed by atoms with Gasteiger partial charge in [-0.3, -0.25) is 0 Å². The molecule has 0 nitrogen and oxygen atoms in total. The summed E-state index contributed by atoms with van der Waals surface area (Å²) in [5.74, 6) is 0. The normalized spacial score (nSPS) is 12.5. The Morgan fingerprint density at radius 2 is 1.67 bits per heavy atom. The summed E-state index contributed by atoms with van der Waals surface area (Å²) in [7, 11) is 0. The predicted octanol–water partition coefficient (Wildman–Crippen LogP) is 5.45. The molecule has 0 aromatic rings. The molecule has 0 spiro atoms.